The van der Waals surface area contributed by atoms with Crippen LogP contribution in [0, 0.1) is 6.92 Å². The van der Waals surface area contributed by atoms with Crippen molar-refractivity contribution in [1.29, 1.82) is 0 Å². The number of nitrogens with one attached hydrogen (secondary N) is 3. The fourth-order valence-corrected chi connectivity index (χ4v) is 2.64. The van der Waals surface area contributed by atoms with E-state index in [2.05, 4.69) is 25.9 Å². The van der Waals surface area contributed by atoms with Gasteiger partial charge >= 0.3 is 0 Å². The molecule has 0 saturated carbocycles. The molecule has 1 aromatic heterocycles. The standard InChI is InChI=1S/C21H21N5O3/c1-13-10-19(20(28)24-16-7-4-6-15(11-16)23-14(2)27)26-21(22-13)25-17-8-5-9-18(12-17)29-3/h4-12H,1-3H3,(H,23,27)(H,24,28)(H,22,25,26). The predicted octanol–water partition coefficient (Wildman–Crippen LogP) is 3.75. The number of hydrogen-bond donors (Lipinski definition) is 3. The Labute approximate surface area is 168 Å². The van der Waals surface area contributed by atoms with Gasteiger partial charge in [-0.15, -0.1) is 0 Å². The zero-order chi connectivity index (χ0) is 20.8. The van der Waals surface area contributed by atoms with Gasteiger partial charge in [0.25, 0.3) is 5.91 Å². The van der Waals surface area contributed by atoms with E-state index in [0.717, 1.165) is 5.69 Å². The van der Waals surface area contributed by atoms with Gasteiger partial charge in [0.05, 0.1) is 7.11 Å². The van der Waals surface area contributed by atoms with Crippen molar-refractivity contribution in [2.45, 2.75) is 13.8 Å². The lowest BCUT2D eigenvalue weighted by Gasteiger charge is -2.10. The second-order valence-corrected chi connectivity index (χ2v) is 6.29. The number of carbonyl (C=O) groups excluding carboxylic acids is 2. The first-order valence-corrected chi connectivity index (χ1v) is 8.89. The molecule has 3 aromatic rings. The quantitative estimate of drug-likeness (QED) is 0.591. The SMILES string of the molecule is COc1cccc(Nc2nc(C)cc(C(=O)Nc3cccc(NC(C)=O)c3)n2)c1. The van der Waals surface area contributed by atoms with E-state index in [4.69, 9.17) is 4.74 Å². The maximum atomic E-state index is 12.7. The number of aromatic nitrogens is 2. The third-order valence-electron chi connectivity index (χ3n) is 3.85. The minimum atomic E-state index is -0.385. The van der Waals surface area contributed by atoms with Gasteiger partial charge in [-0.3, -0.25) is 9.59 Å². The minimum Gasteiger partial charge on any atom is -0.497 e. The number of aryl methyl sites for hydroxylation is 1. The molecule has 0 radical (unpaired) electrons. The molecule has 0 fully saturated rings. The van der Waals surface area contributed by atoms with Gasteiger partial charge in [0.15, 0.2) is 0 Å². The molecule has 29 heavy (non-hydrogen) atoms. The monoisotopic (exact) mass is 391 g/mol. The molecular weight excluding hydrogens is 370 g/mol. The Morgan fingerprint density at radius 2 is 1.59 bits per heavy atom. The number of methoxy groups -OCH3 is 1. The van der Waals surface area contributed by atoms with Crippen LogP contribution in [0.1, 0.15) is 23.1 Å². The lowest BCUT2D eigenvalue weighted by molar-refractivity contribution is -0.114. The Morgan fingerprint density at radius 3 is 2.31 bits per heavy atom. The Balaban J connectivity index is 1.78. The summed E-state index contributed by atoms with van der Waals surface area (Å²) < 4.78 is 5.21. The minimum absolute atomic E-state index is 0.187. The summed E-state index contributed by atoms with van der Waals surface area (Å²) in [7, 11) is 1.59. The summed E-state index contributed by atoms with van der Waals surface area (Å²) >= 11 is 0. The van der Waals surface area contributed by atoms with E-state index in [1.165, 1.54) is 6.92 Å². The number of rotatable bonds is 6. The first kappa shape index (κ1) is 19.8. The van der Waals surface area contributed by atoms with Crippen molar-refractivity contribution >= 4 is 34.8 Å². The van der Waals surface area contributed by atoms with Crippen molar-refractivity contribution in [2.24, 2.45) is 0 Å². The van der Waals surface area contributed by atoms with E-state index in [9.17, 15) is 9.59 Å². The summed E-state index contributed by atoms with van der Waals surface area (Å²) in [5, 5.41) is 8.54. The molecule has 0 aliphatic heterocycles. The Morgan fingerprint density at radius 1 is 0.897 bits per heavy atom. The molecule has 2 amide bonds. The van der Waals surface area contributed by atoms with Crippen LogP contribution in [0.25, 0.3) is 0 Å². The Kier molecular flexibility index (Phi) is 6.03. The zero-order valence-electron chi connectivity index (χ0n) is 16.3. The van der Waals surface area contributed by atoms with Gasteiger partial charge in [-0.25, -0.2) is 9.97 Å². The maximum Gasteiger partial charge on any atom is 0.274 e. The first-order valence-electron chi connectivity index (χ1n) is 8.89. The molecule has 8 heteroatoms. The first-order chi connectivity index (χ1) is 13.9. The van der Waals surface area contributed by atoms with Crippen LogP contribution in [0.15, 0.2) is 54.6 Å². The summed E-state index contributed by atoms with van der Waals surface area (Å²) in [6.07, 6.45) is 0. The lowest BCUT2D eigenvalue weighted by atomic mass is 10.2. The number of benzene rings is 2. The van der Waals surface area contributed by atoms with Crippen molar-refractivity contribution < 1.29 is 14.3 Å². The van der Waals surface area contributed by atoms with Crippen LogP contribution >= 0.6 is 0 Å². The summed E-state index contributed by atoms with van der Waals surface area (Å²) in [6.45, 7) is 3.21. The summed E-state index contributed by atoms with van der Waals surface area (Å²) in [6, 6.07) is 15.8. The largest absolute Gasteiger partial charge is 0.497 e. The molecule has 0 saturated heterocycles. The number of nitrogens with zero attached hydrogens (tertiary/aromatic N) is 2. The highest BCUT2D eigenvalue weighted by molar-refractivity contribution is 6.03. The molecule has 2 aromatic carbocycles. The third kappa shape index (κ3) is 5.52. The van der Waals surface area contributed by atoms with E-state index >= 15 is 0 Å². The van der Waals surface area contributed by atoms with E-state index in [1.54, 1.807) is 50.4 Å². The predicted molar refractivity (Wildman–Crippen MR) is 112 cm³/mol. The highest BCUT2D eigenvalue weighted by Gasteiger charge is 2.12. The maximum absolute atomic E-state index is 12.7. The van der Waals surface area contributed by atoms with Gasteiger partial charge in [-0.05, 0) is 43.3 Å². The number of carbonyl (C=O) groups is 2. The molecule has 3 N–H and O–H groups in total. The van der Waals surface area contributed by atoms with E-state index in [1.807, 2.05) is 18.2 Å². The molecular formula is C21H21N5O3. The summed E-state index contributed by atoms with van der Waals surface area (Å²) in [4.78, 5) is 32.5. The fourth-order valence-electron chi connectivity index (χ4n) is 2.64. The van der Waals surface area contributed by atoms with Gasteiger partial charge in [-0.1, -0.05) is 12.1 Å². The normalized spacial score (nSPS) is 10.2. The van der Waals surface area contributed by atoms with Crippen LogP contribution in [0.4, 0.5) is 23.0 Å². The second-order valence-electron chi connectivity index (χ2n) is 6.29. The van der Waals surface area contributed by atoms with Gasteiger partial charge in [0, 0.05) is 35.7 Å². The molecule has 148 valence electrons. The molecule has 3 rings (SSSR count). The molecule has 0 atom stereocenters. The molecule has 0 bridgehead atoms. The molecule has 1 heterocycles. The number of ether oxygens (including phenoxy) is 1. The Bertz CT molecular complexity index is 1050. The van der Waals surface area contributed by atoms with Crippen LogP contribution in [-0.2, 0) is 4.79 Å². The highest BCUT2D eigenvalue weighted by atomic mass is 16.5. The van der Waals surface area contributed by atoms with Crippen LogP contribution in [0.3, 0.4) is 0 Å². The van der Waals surface area contributed by atoms with Crippen LogP contribution in [0.5, 0.6) is 5.75 Å². The topological polar surface area (TPSA) is 105 Å². The molecule has 0 aliphatic carbocycles. The van der Waals surface area contributed by atoms with E-state index in [-0.39, 0.29) is 17.5 Å². The van der Waals surface area contributed by atoms with Gasteiger partial charge in [-0.2, -0.15) is 0 Å². The van der Waals surface area contributed by atoms with Crippen LogP contribution in [0.2, 0.25) is 0 Å². The zero-order valence-corrected chi connectivity index (χ0v) is 16.3. The second kappa shape index (κ2) is 8.83. The summed E-state index contributed by atoms with van der Waals surface area (Å²) in [5.74, 6) is 0.424. The van der Waals surface area contributed by atoms with Crippen molar-refractivity contribution in [3.05, 3.63) is 66.0 Å². The lowest BCUT2D eigenvalue weighted by Crippen LogP contribution is -2.16. The highest BCUT2D eigenvalue weighted by Crippen LogP contribution is 2.20. The fraction of sp³-hybridized carbons (Fsp3) is 0.143. The number of anilines is 4. The van der Waals surface area contributed by atoms with Crippen LogP contribution < -0.4 is 20.7 Å². The molecule has 0 aliphatic rings. The van der Waals surface area contributed by atoms with Gasteiger partial charge in [0.1, 0.15) is 11.4 Å². The van der Waals surface area contributed by atoms with Crippen LogP contribution in [-0.4, -0.2) is 28.9 Å². The molecule has 0 unspecified atom stereocenters. The summed E-state index contributed by atoms with van der Waals surface area (Å²) in [5.41, 5.74) is 2.73. The van der Waals surface area contributed by atoms with E-state index in [0.29, 0.717) is 28.8 Å². The molecule has 8 nitrogen and oxygen atoms in total. The smallest absolute Gasteiger partial charge is 0.274 e. The van der Waals surface area contributed by atoms with Crippen molar-refractivity contribution in [2.75, 3.05) is 23.1 Å². The van der Waals surface area contributed by atoms with Crippen molar-refractivity contribution in [3.63, 3.8) is 0 Å². The number of hydrogen-bond acceptors (Lipinski definition) is 6. The number of amides is 2. The average Bonchev–Trinajstić information content (AvgIpc) is 2.67. The third-order valence-corrected chi connectivity index (χ3v) is 3.85. The van der Waals surface area contributed by atoms with Gasteiger partial charge < -0.3 is 20.7 Å². The average molecular weight is 391 g/mol. The van der Waals surface area contributed by atoms with Crippen molar-refractivity contribution in [3.8, 4) is 5.75 Å². The van der Waals surface area contributed by atoms with Crippen molar-refractivity contribution in [1.82, 2.24) is 9.97 Å². The Hall–Kier alpha value is -3.94. The van der Waals surface area contributed by atoms with Gasteiger partial charge in [0.2, 0.25) is 11.9 Å². The van der Waals surface area contributed by atoms with E-state index < -0.39 is 0 Å². The molecule has 0 spiro atoms.